The van der Waals surface area contributed by atoms with Gasteiger partial charge in [0.25, 0.3) is 0 Å². The Labute approximate surface area is 120 Å². The van der Waals surface area contributed by atoms with Crippen LogP contribution in [0, 0.1) is 10.6 Å². The number of allylic oxidation sites excluding steroid dienone is 1. The molecule has 0 fully saturated rings. The largest absolute Gasteiger partial charge is 0.352 e. The summed E-state index contributed by atoms with van der Waals surface area (Å²) in [6, 6.07) is 1.85. The van der Waals surface area contributed by atoms with E-state index in [0.29, 0.717) is 10.6 Å². The van der Waals surface area contributed by atoms with Gasteiger partial charge in [-0.15, -0.1) is 0 Å². The number of nitrogens with one attached hydrogen (secondary N) is 1. The van der Waals surface area contributed by atoms with Gasteiger partial charge in [0.05, 0.1) is 5.02 Å². The number of pyridine rings is 1. The maximum atomic E-state index is 6.20. The van der Waals surface area contributed by atoms with Crippen molar-refractivity contribution >= 4 is 29.9 Å². The number of H-pyrrole nitrogens is 1. The summed E-state index contributed by atoms with van der Waals surface area (Å²) in [4.78, 5) is 3.03. The lowest BCUT2D eigenvalue weighted by Crippen LogP contribution is -2.01. The van der Waals surface area contributed by atoms with E-state index < -0.39 is 0 Å². The smallest absolute Gasteiger partial charge is 0.112 e. The van der Waals surface area contributed by atoms with E-state index >= 15 is 0 Å². The van der Waals surface area contributed by atoms with Crippen LogP contribution in [0.25, 0.3) is 6.08 Å². The number of aromatic amines is 1. The van der Waals surface area contributed by atoms with Gasteiger partial charge < -0.3 is 4.98 Å². The number of halogens is 1. The van der Waals surface area contributed by atoms with Gasteiger partial charge in [-0.3, -0.25) is 0 Å². The molecule has 1 rings (SSSR count). The topological polar surface area (TPSA) is 15.8 Å². The monoisotopic (exact) mass is 283 g/mol. The van der Waals surface area contributed by atoms with E-state index in [0.717, 1.165) is 10.6 Å². The molecule has 0 saturated carbocycles. The minimum atomic E-state index is 0.644. The molecule has 0 spiro atoms. The minimum Gasteiger partial charge on any atom is -0.352 e. The van der Waals surface area contributed by atoms with Crippen molar-refractivity contribution in [2.45, 2.75) is 46.5 Å². The van der Waals surface area contributed by atoms with E-state index in [-0.39, 0.29) is 0 Å². The van der Waals surface area contributed by atoms with Crippen LogP contribution in [0.5, 0.6) is 0 Å². The van der Waals surface area contributed by atoms with Crippen molar-refractivity contribution in [1.29, 1.82) is 0 Å². The second-order valence-electron chi connectivity index (χ2n) is 4.73. The van der Waals surface area contributed by atoms with Gasteiger partial charge >= 0.3 is 0 Å². The Hall–Kier alpha value is -0.600. The van der Waals surface area contributed by atoms with Crippen LogP contribution in [-0.4, -0.2) is 4.98 Å². The number of hydrogen-bond donors (Lipinski definition) is 1. The third kappa shape index (κ3) is 4.25. The molecule has 0 unspecified atom stereocenters. The van der Waals surface area contributed by atoms with Crippen LogP contribution in [0.3, 0.4) is 0 Å². The third-order valence-electron chi connectivity index (χ3n) is 3.24. The Morgan fingerprint density at radius 3 is 2.50 bits per heavy atom. The average molecular weight is 284 g/mol. The van der Waals surface area contributed by atoms with Crippen LogP contribution in [0.2, 0.25) is 5.02 Å². The number of rotatable bonds is 6. The molecule has 0 atom stereocenters. The lowest BCUT2D eigenvalue weighted by Gasteiger charge is -2.16. The first-order valence-corrected chi connectivity index (χ1v) is 7.44. The Kier molecular flexibility index (Phi) is 6.66. The molecule has 0 amide bonds. The van der Waals surface area contributed by atoms with E-state index in [1.165, 1.54) is 31.3 Å². The van der Waals surface area contributed by atoms with Crippen molar-refractivity contribution < 1.29 is 0 Å². The minimum absolute atomic E-state index is 0.644. The van der Waals surface area contributed by atoms with E-state index in [9.17, 15) is 0 Å². The fourth-order valence-corrected chi connectivity index (χ4v) is 2.75. The molecule has 3 heteroatoms. The van der Waals surface area contributed by atoms with Crippen LogP contribution < -0.4 is 0 Å². The average Bonchev–Trinajstić information content (AvgIpc) is 2.33. The molecule has 1 N–H and O–H groups in total. The molecule has 100 valence electrons. The fraction of sp³-hybridized carbons (Fsp3) is 0.533. The lowest BCUT2D eigenvalue weighted by atomic mass is 9.90. The third-order valence-corrected chi connectivity index (χ3v) is 3.90. The second kappa shape index (κ2) is 7.75. The first kappa shape index (κ1) is 15.5. The van der Waals surface area contributed by atoms with Crippen molar-refractivity contribution in [2.75, 3.05) is 0 Å². The molecule has 0 saturated heterocycles. The number of hydrogen-bond acceptors (Lipinski definition) is 1. The van der Waals surface area contributed by atoms with E-state index in [4.69, 9.17) is 23.8 Å². The summed E-state index contributed by atoms with van der Waals surface area (Å²) >= 11 is 11.5. The molecular weight excluding hydrogens is 262 g/mol. The Balaban J connectivity index is 3.02. The molecule has 0 bridgehead atoms. The zero-order chi connectivity index (χ0) is 13.5. The van der Waals surface area contributed by atoms with Crippen molar-refractivity contribution in [3.63, 3.8) is 0 Å². The van der Waals surface area contributed by atoms with E-state index in [1.54, 1.807) is 6.20 Å². The van der Waals surface area contributed by atoms with Gasteiger partial charge in [-0.25, -0.2) is 0 Å². The molecule has 0 radical (unpaired) electrons. The number of aromatic nitrogens is 1. The quantitative estimate of drug-likeness (QED) is 0.631. The summed E-state index contributed by atoms with van der Waals surface area (Å²) in [7, 11) is 0. The van der Waals surface area contributed by atoms with Crippen molar-refractivity contribution in [1.82, 2.24) is 4.98 Å². The standard InChI is InChI=1S/C15H22ClNS/c1-4-6-12(7-5-2)11(3)10-13-14(16)8-9-17-15(13)18/h8-10,12H,4-7H2,1-3H3,(H,17,18)/b11-10+. The molecule has 0 aliphatic heterocycles. The van der Waals surface area contributed by atoms with Gasteiger partial charge in [-0.2, -0.15) is 0 Å². The predicted molar refractivity (Wildman–Crippen MR) is 83.6 cm³/mol. The Morgan fingerprint density at radius 2 is 2.00 bits per heavy atom. The highest BCUT2D eigenvalue weighted by atomic mass is 35.5. The van der Waals surface area contributed by atoms with Gasteiger partial charge in [0, 0.05) is 11.8 Å². The fourth-order valence-electron chi connectivity index (χ4n) is 2.24. The van der Waals surface area contributed by atoms with Crippen molar-refractivity contribution in [3.05, 3.63) is 33.1 Å². The summed E-state index contributed by atoms with van der Waals surface area (Å²) in [5.41, 5.74) is 2.33. The molecule has 0 aliphatic rings. The summed E-state index contributed by atoms with van der Waals surface area (Å²) in [5, 5.41) is 0.727. The summed E-state index contributed by atoms with van der Waals surface area (Å²) in [5.74, 6) is 0.644. The van der Waals surface area contributed by atoms with Gasteiger partial charge in [0.2, 0.25) is 0 Å². The maximum absolute atomic E-state index is 6.20. The van der Waals surface area contributed by atoms with Crippen LogP contribution in [0.1, 0.15) is 52.0 Å². The lowest BCUT2D eigenvalue weighted by molar-refractivity contribution is 0.506. The summed E-state index contributed by atoms with van der Waals surface area (Å²) < 4.78 is 0.716. The first-order valence-electron chi connectivity index (χ1n) is 6.65. The predicted octanol–water partition coefficient (Wildman–Crippen LogP) is 6.02. The van der Waals surface area contributed by atoms with Gasteiger partial charge in [-0.05, 0) is 31.7 Å². The van der Waals surface area contributed by atoms with Crippen molar-refractivity contribution in [2.24, 2.45) is 5.92 Å². The molecule has 1 aromatic heterocycles. The zero-order valence-electron chi connectivity index (χ0n) is 11.4. The summed E-state index contributed by atoms with van der Waals surface area (Å²) in [6.07, 6.45) is 8.83. The highest BCUT2D eigenvalue weighted by Crippen LogP contribution is 2.26. The molecule has 0 aromatic carbocycles. The summed E-state index contributed by atoms with van der Waals surface area (Å²) in [6.45, 7) is 6.66. The molecule has 18 heavy (non-hydrogen) atoms. The Bertz CT molecular complexity index is 456. The van der Waals surface area contributed by atoms with E-state index in [1.807, 2.05) is 6.07 Å². The SMILES string of the molecule is CCCC(CCC)/C(C)=C/c1c(Cl)cc[nH]c1=S. The first-order chi connectivity index (χ1) is 8.60. The van der Waals surface area contributed by atoms with E-state index in [2.05, 4.69) is 31.8 Å². The van der Waals surface area contributed by atoms with Crippen LogP contribution in [-0.2, 0) is 0 Å². The van der Waals surface area contributed by atoms with Gasteiger partial charge in [0.15, 0.2) is 0 Å². The molecule has 1 heterocycles. The molecule has 1 nitrogen and oxygen atoms in total. The zero-order valence-corrected chi connectivity index (χ0v) is 13.0. The van der Waals surface area contributed by atoms with Gasteiger partial charge in [0.1, 0.15) is 4.64 Å². The Morgan fingerprint density at radius 1 is 1.39 bits per heavy atom. The normalized spacial score (nSPS) is 12.2. The molecular formula is C15H22ClNS. The highest BCUT2D eigenvalue weighted by molar-refractivity contribution is 7.71. The second-order valence-corrected chi connectivity index (χ2v) is 5.55. The maximum Gasteiger partial charge on any atom is 0.112 e. The molecule has 1 aromatic rings. The van der Waals surface area contributed by atoms with Crippen LogP contribution >= 0.6 is 23.8 Å². The molecule has 0 aliphatic carbocycles. The van der Waals surface area contributed by atoms with Crippen molar-refractivity contribution in [3.8, 4) is 0 Å². The van der Waals surface area contributed by atoms with Gasteiger partial charge in [-0.1, -0.05) is 62.2 Å². The highest BCUT2D eigenvalue weighted by Gasteiger charge is 2.10. The van der Waals surface area contributed by atoms with Crippen LogP contribution in [0.15, 0.2) is 17.8 Å². The van der Waals surface area contributed by atoms with Crippen LogP contribution in [0.4, 0.5) is 0 Å².